The van der Waals surface area contributed by atoms with Crippen molar-refractivity contribution in [2.45, 2.75) is 44.3 Å². The van der Waals surface area contributed by atoms with Gasteiger partial charge in [0.2, 0.25) is 0 Å². The Hall–Kier alpha value is -0.0800. The zero-order chi connectivity index (χ0) is 7.90. The molecule has 1 aliphatic heterocycles. The Morgan fingerprint density at radius 3 is 2.64 bits per heavy atom. The molecule has 0 aromatic rings. The van der Waals surface area contributed by atoms with Gasteiger partial charge in [0.1, 0.15) is 0 Å². The van der Waals surface area contributed by atoms with Crippen LogP contribution in [0.5, 0.6) is 0 Å². The second kappa shape index (κ2) is 2.46. The lowest BCUT2D eigenvalue weighted by Gasteiger charge is -2.49. The van der Waals surface area contributed by atoms with E-state index in [1.54, 1.807) is 0 Å². The second-order valence-corrected chi connectivity index (χ2v) is 4.19. The van der Waals surface area contributed by atoms with Crippen molar-refractivity contribution >= 4 is 0 Å². The highest BCUT2D eigenvalue weighted by Crippen LogP contribution is 2.45. The first-order valence-electron chi connectivity index (χ1n) is 4.52. The number of rotatable bonds is 0. The molecule has 2 aliphatic rings. The highest BCUT2D eigenvalue weighted by molar-refractivity contribution is 4.97. The lowest BCUT2D eigenvalue weighted by molar-refractivity contribution is -0.176. The van der Waals surface area contributed by atoms with Gasteiger partial charge in [0, 0.05) is 13.0 Å². The third-order valence-corrected chi connectivity index (χ3v) is 2.91. The fraction of sp³-hybridized carbons (Fsp3) is 1.00. The summed E-state index contributed by atoms with van der Waals surface area (Å²) in [5.41, 5.74) is 0.0943. The largest absolute Gasteiger partial charge is 0.393 e. The van der Waals surface area contributed by atoms with Gasteiger partial charge in [-0.05, 0) is 25.2 Å². The molecule has 1 aliphatic carbocycles. The van der Waals surface area contributed by atoms with Crippen LogP contribution in [0.2, 0.25) is 0 Å². The Morgan fingerprint density at radius 1 is 1.36 bits per heavy atom. The van der Waals surface area contributed by atoms with Crippen LogP contribution in [-0.2, 0) is 4.74 Å². The molecule has 2 nitrogen and oxygen atoms in total. The average Bonchev–Trinajstić information content (AvgIpc) is 1.84. The molecule has 1 unspecified atom stereocenters. The summed E-state index contributed by atoms with van der Waals surface area (Å²) < 4.78 is 5.68. The molecule has 1 saturated carbocycles. The van der Waals surface area contributed by atoms with Crippen LogP contribution in [0.4, 0.5) is 0 Å². The summed E-state index contributed by atoms with van der Waals surface area (Å²) in [7, 11) is 0. The maximum atomic E-state index is 9.42. The van der Waals surface area contributed by atoms with E-state index < -0.39 is 0 Å². The lowest BCUT2D eigenvalue weighted by Crippen LogP contribution is -2.50. The molecule has 64 valence electrons. The minimum Gasteiger partial charge on any atom is -0.393 e. The van der Waals surface area contributed by atoms with Crippen molar-refractivity contribution in [3.05, 3.63) is 0 Å². The van der Waals surface area contributed by atoms with Gasteiger partial charge in [-0.3, -0.25) is 0 Å². The molecule has 0 bridgehead atoms. The summed E-state index contributed by atoms with van der Waals surface area (Å²) >= 11 is 0. The Bertz CT molecular complexity index is 144. The van der Waals surface area contributed by atoms with Gasteiger partial charge >= 0.3 is 0 Å². The fourth-order valence-electron chi connectivity index (χ4n) is 2.50. The second-order valence-electron chi connectivity index (χ2n) is 4.19. The molecular weight excluding hydrogens is 140 g/mol. The van der Waals surface area contributed by atoms with Crippen LogP contribution in [-0.4, -0.2) is 23.4 Å². The van der Waals surface area contributed by atoms with E-state index >= 15 is 0 Å². The topological polar surface area (TPSA) is 29.5 Å². The maximum Gasteiger partial charge on any atom is 0.0712 e. The van der Waals surface area contributed by atoms with Crippen molar-refractivity contribution in [1.82, 2.24) is 0 Å². The van der Waals surface area contributed by atoms with Gasteiger partial charge in [-0.25, -0.2) is 0 Å². The molecule has 1 saturated heterocycles. The number of hydrogen-bond acceptors (Lipinski definition) is 2. The first-order chi connectivity index (χ1) is 5.20. The predicted octanol–water partition coefficient (Wildman–Crippen LogP) is 1.33. The van der Waals surface area contributed by atoms with Gasteiger partial charge < -0.3 is 9.84 Å². The smallest absolute Gasteiger partial charge is 0.0712 e. The molecule has 0 aromatic heterocycles. The van der Waals surface area contributed by atoms with Gasteiger partial charge in [-0.15, -0.1) is 0 Å². The monoisotopic (exact) mass is 156 g/mol. The molecule has 1 spiro atoms. The lowest BCUT2D eigenvalue weighted by atomic mass is 9.68. The summed E-state index contributed by atoms with van der Waals surface area (Å²) in [4.78, 5) is 0. The van der Waals surface area contributed by atoms with Gasteiger partial charge in [-0.2, -0.15) is 0 Å². The van der Waals surface area contributed by atoms with Crippen LogP contribution in [0, 0.1) is 5.92 Å². The van der Waals surface area contributed by atoms with Crippen LogP contribution >= 0.6 is 0 Å². The fourth-order valence-corrected chi connectivity index (χ4v) is 2.50. The third kappa shape index (κ3) is 1.30. The summed E-state index contributed by atoms with van der Waals surface area (Å²) in [6, 6.07) is 0. The minimum atomic E-state index is -0.101. The normalized spacial score (nSPS) is 50.7. The van der Waals surface area contributed by atoms with E-state index in [9.17, 15) is 5.11 Å². The molecule has 1 atom stereocenters. The van der Waals surface area contributed by atoms with E-state index in [0.29, 0.717) is 0 Å². The number of ether oxygens (including phenoxy) is 1. The van der Waals surface area contributed by atoms with Crippen molar-refractivity contribution in [2.75, 3.05) is 6.61 Å². The molecule has 1 N–H and O–H groups in total. The van der Waals surface area contributed by atoms with Crippen molar-refractivity contribution in [1.29, 1.82) is 0 Å². The molecule has 2 heteroatoms. The van der Waals surface area contributed by atoms with Crippen molar-refractivity contribution in [2.24, 2.45) is 5.92 Å². The summed E-state index contributed by atoms with van der Waals surface area (Å²) in [6.07, 6.45) is 3.91. The van der Waals surface area contributed by atoms with Crippen molar-refractivity contribution in [3.8, 4) is 0 Å². The van der Waals surface area contributed by atoms with Gasteiger partial charge in [0.05, 0.1) is 11.7 Å². The zero-order valence-electron chi connectivity index (χ0n) is 7.05. The zero-order valence-corrected chi connectivity index (χ0v) is 7.05. The molecule has 0 radical (unpaired) electrons. The van der Waals surface area contributed by atoms with Crippen LogP contribution in [0.15, 0.2) is 0 Å². The van der Waals surface area contributed by atoms with Crippen LogP contribution in [0.3, 0.4) is 0 Å². The van der Waals surface area contributed by atoms with Crippen molar-refractivity contribution in [3.63, 3.8) is 0 Å². The van der Waals surface area contributed by atoms with E-state index in [4.69, 9.17) is 4.74 Å². The molecule has 11 heavy (non-hydrogen) atoms. The standard InChI is InChI=1S/C9H16O2/c1-7-4-9(5-7)6-8(10)2-3-11-9/h7-8,10H,2-6H2,1H3. The summed E-state index contributed by atoms with van der Waals surface area (Å²) in [6.45, 7) is 3.00. The predicted molar refractivity (Wildman–Crippen MR) is 42.3 cm³/mol. The molecule has 0 amide bonds. The molecule has 1 heterocycles. The maximum absolute atomic E-state index is 9.42. The SMILES string of the molecule is CC1CC2(C1)CC(O)CCO2. The van der Waals surface area contributed by atoms with Crippen LogP contribution in [0.1, 0.15) is 32.6 Å². The van der Waals surface area contributed by atoms with Gasteiger partial charge in [0.15, 0.2) is 0 Å². The summed E-state index contributed by atoms with van der Waals surface area (Å²) in [5, 5.41) is 9.42. The Morgan fingerprint density at radius 2 is 2.09 bits per heavy atom. The van der Waals surface area contributed by atoms with Gasteiger partial charge in [0.25, 0.3) is 0 Å². The first-order valence-corrected chi connectivity index (χ1v) is 4.52. The Labute approximate surface area is 67.6 Å². The molecule has 2 fully saturated rings. The van der Waals surface area contributed by atoms with Crippen LogP contribution in [0.25, 0.3) is 0 Å². The number of aliphatic hydroxyl groups excluding tert-OH is 1. The van der Waals surface area contributed by atoms with Crippen molar-refractivity contribution < 1.29 is 9.84 Å². The van der Waals surface area contributed by atoms with E-state index in [2.05, 4.69) is 6.92 Å². The summed E-state index contributed by atoms with van der Waals surface area (Å²) in [5.74, 6) is 0.806. The quantitative estimate of drug-likeness (QED) is 0.573. The Balaban J connectivity index is 1.93. The van der Waals surface area contributed by atoms with E-state index in [0.717, 1.165) is 38.2 Å². The molecule has 2 rings (SSSR count). The van der Waals surface area contributed by atoms with Crippen LogP contribution < -0.4 is 0 Å². The molecule has 0 aromatic carbocycles. The Kier molecular flexibility index (Phi) is 1.69. The highest BCUT2D eigenvalue weighted by Gasteiger charge is 2.46. The van der Waals surface area contributed by atoms with E-state index in [1.165, 1.54) is 0 Å². The third-order valence-electron chi connectivity index (χ3n) is 2.91. The first kappa shape index (κ1) is 7.56. The average molecular weight is 156 g/mol. The highest BCUT2D eigenvalue weighted by atomic mass is 16.5. The molecular formula is C9H16O2. The van der Waals surface area contributed by atoms with E-state index in [1.807, 2.05) is 0 Å². The van der Waals surface area contributed by atoms with Gasteiger partial charge in [-0.1, -0.05) is 6.92 Å². The van der Waals surface area contributed by atoms with E-state index in [-0.39, 0.29) is 11.7 Å². The minimum absolute atomic E-state index is 0.0943. The number of hydrogen-bond donors (Lipinski definition) is 1. The number of aliphatic hydroxyl groups is 1.